The van der Waals surface area contributed by atoms with Gasteiger partial charge in [0.25, 0.3) is 5.91 Å². The van der Waals surface area contributed by atoms with E-state index < -0.39 is 0 Å². The first-order valence-electron chi connectivity index (χ1n) is 8.10. The van der Waals surface area contributed by atoms with Gasteiger partial charge in [0.05, 0.1) is 35.4 Å². The van der Waals surface area contributed by atoms with Crippen molar-refractivity contribution in [2.75, 3.05) is 5.32 Å². The predicted molar refractivity (Wildman–Crippen MR) is 93.1 cm³/mol. The van der Waals surface area contributed by atoms with Crippen molar-refractivity contribution < 1.29 is 9.18 Å². The van der Waals surface area contributed by atoms with Gasteiger partial charge in [0.15, 0.2) is 0 Å². The first kappa shape index (κ1) is 16.9. The Hall–Kier alpha value is -2.96. The Balaban J connectivity index is 1.79. The van der Waals surface area contributed by atoms with Crippen LogP contribution < -0.4 is 5.32 Å². The molecule has 3 aromatic rings. The summed E-state index contributed by atoms with van der Waals surface area (Å²) < 4.78 is 16.5. The van der Waals surface area contributed by atoms with E-state index in [0.29, 0.717) is 24.3 Å². The van der Waals surface area contributed by atoms with Gasteiger partial charge in [-0.2, -0.15) is 10.2 Å². The molecule has 0 spiro atoms. The Kier molecular flexibility index (Phi) is 4.65. The van der Waals surface area contributed by atoms with E-state index in [1.165, 1.54) is 12.1 Å². The van der Waals surface area contributed by atoms with Gasteiger partial charge in [-0.15, -0.1) is 0 Å². The van der Waals surface area contributed by atoms with Crippen LogP contribution in [-0.2, 0) is 13.1 Å². The van der Waals surface area contributed by atoms with Crippen molar-refractivity contribution in [2.24, 2.45) is 0 Å². The van der Waals surface area contributed by atoms with Crippen LogP contribution in [0.5, 0.6) is 0 Å². The number of anilines is 1. The van der Waals surface area contributed by atoms with E-state index in [9.17, 15) is 9.18 Å². The number of hydrogen-bond acceptors (Lipinski definition) is 3. The second-order valence-electron chi connectivity index (χ2n) is 5.87. The zero-order valence-electron chi connectivity index (χ0n) is 14.5. The molecule has 0 radical (unpaired) electrons. The number of benzene rings is 1. The van der Waals surface area contributed by atoms with Crippen molar-refractivity contribution in [3.63, 3.8) is 0 Å². The first-order valence-corrected chi connectivity index (χ1v) is 8.10. The van der Waals surface area contributed by atoms with E-state index in [-0.39, 0.29) is 11.7 Å². The van der Waals surface area contributed by atoms with Crippen molar-refractivity contribution in [3.05, 3.63) is 65.0 Å². The fourth-order valence-electron chi connectivity index (χ4n) is 2.63. The van der Waals surface area contributed by atoms with Crippen molar-refractivity contribution in [1.82, 2.24) is 19.6 Å². The maximum absolute atomic E-state index is 13.0. The molecule has 2 aromatic heterocycles. The molecule has 25 heavy (non-hydrogen) atoms. The average Bonchev–Trinajstić information content (AvgIpc) is 3.18. The highest BCUT2D eigenvalue weighted by Gasteiger charge is 2.16. The number of aromatic nitrogens is 4. The number of amides is 1. The number of nitrogens with zero attached hydrogens (tertiary/aromatic N) is 4. The molecule has 2 heterocycles. The van der Waals surface area contributed by atoms with E-state index in [2.05, 4.69) is 15.5 Å². The maximum Gasteiger partial charge on any atom is 0.258 e. The number of carbonyl (C=O) groups excluding carboxylic acids is 1. The Labute approximate surface area is 145 Å². The lowest BCUT2D eigenvalue weighted by molar-refractivity contribution is 0.102. The van der Waals surface area contributed by atoms with Crippen molar-refractivity contribution in [3.8, 4) is 0 Å². The standard InChI is InChI=1S/C18H20FN5O/c1-4-23-11-15(9-20-23)18(25)21-17-12(2)22-24(13(17)3)10-14-5-7-16(19)8-6-14/h5-9,11H,4,10H2,1-3H3,(H,21,25). The van der Waals surface area contributed by atoms with Gasteiger partial charge in [0.2, 0.25) is 0 Å². The molecule has 0 fully saturated rings. The Morgan fingerprint density at radius 2 is 1.96 bits per heavy atom. The number of aryl methyl sites for hydroxylation is 2. The first-order chi connectivity index (χ1) is 12.0. The van der Waals surface area contributed by atoms with Gasteiger partial charge in [-0.3, -0.25) is 14.2 Å². The summed E-state index contributed by atoms with van der Waals surface area (Å²) in [5.41, 5.74) is 3.71. The van der Waals surface area contributed by atoms with Crippen LogP contribution in [0.25, 0.3) is 0 Å². The molecule has 0 saturated heterocycles. The number of halogens is 1. The Bertz CT molecular complexity index is 895. The summed E-state index contributed by atoms with van der Waals surface area (Å²) in [5.74, 6) is -0.482. The number of carbonyl (C=O) groups is 1. The molecule has 6 nitrogen and oxygen atoms in total. The molecule has 1 aromatic carbocycles. The smallest absolute Gasteiger partial charge is 0.258 e. The normalized spacial score (nSPS) is 10.9. The highest BCUT2D eigenvalue weighted by Crippen LogP contribution is 2.21. The number of nitrogens with one attached hydrogen (secondary N) is 1. The topological polar surface area (TPSA) is 64.7 Å². The lowest BCUT2D eigenvalue weighted by Gasteiger charge is -2.07. The highest BCUT2D eigenvalue weighted by atomic mass is 19.1. The summed E-state index contributed by atoms with van der Waals surface area (Å²) in [6, 6.07) is 6.30. The van der Waals surface area contributed by atoms with Crippen LogP contribution in [-0.4, -0.2) is 25.5 Å². The molecule has 0 bridgehead atoms. The summed E-state index contributed by atoms with van der Waals surface area (Å²) >= 11 is 0. The summed E-state index contributed by atoms with van der Waals surface area (Å²) in [7, 11) is 0. The second-order valence-corrected chi connectivity index (χ2v) is 5.87. The van der Waals surface area contributed by atoms with Gasteiger partial charge in [-0.1, -0.05) is 12.1 Å². The fourth-order valence-corrected chi connectivity index (χ4v) is 2.63. The van der Waals surface area contributed by atoms with Crippen molar-refractivity contribution in [2.45, 2.75) is 33.9 Å². The van der Waals surface area contributed by atoms with Crippen LogP contribution >= 0.6 is 0 Å². The fraction of sp³-hybridized carbons (Fsp3) is 0.278. The summed E-state index contributed by atoms with van der Waals surface area (Å²) in [4.78, 5) is 12.4. The third kappa shape index (κ3) is 3.60. The van der Waals surface area contributed by atoms with Crippen molar-refractivity contribution in [1.29, 1.82) is 0 Å². The van der Waals surface area contributed by atoms with Gasteiger partial charge in [0, 0.05) is 12.7 Å². The molecule has 0 atom stereocenters. The quantitative estimate of drug-likeness (QED) is 0.775. The SMILES string of the molecule is CCn1cc(C(=O)Nc2c(C)nn(Cc3ccc(F)cc3)c2C)cn1. The third-order valence-electron chi connectivity index (χ3n) is 4.09. The number of rotatable bonds is 5. The average molecular weight is 341 g/mol. The van der Waals surface area contributed by atoms with E-state index in [4.69, 9.17) is 0 Å². The van der Waals surface area contributed by atoms with Gasteiger partial charge >= 0.3 is 0 Å². The van der Waals surface area contributed by atoms with Gasteiger partial charge in [-0.05, 0) is 38.5 Å². The zero-order valence-corrected chi connectivity index (χ0v) is 14.5. The second kappa shape index (κ2) is 6.88. The van der Waals surface area contributed by atoms with Crippen LogP contribution in [0.15, 0.2) is 36.7 Å². The van der Waals surface area contributed by atoms with Crippen LogP contribution in [0.4, 0.5) is 10.1 Å². The molecule has 1 amide bonds. The zero-order chi connectivity index (χ0) is 18.0. The molecular weight excluding hydrogens is 321 g/mol. The predicted octanol–water partition coefficient (Wildman–Crippen LogP) is 3.16. The van der Waals surface area contributed by atoms with Gasteiger partial charge < -0.3 is 5.32 Å². The molecule has 0 saturated carbocycles. The van der Waals surface area contributed by atoms with E-state index >= 15 is 0 Å². The summed E-state index contributed by atoms with van der Waals surface area (Å²) in [5, 5.41) is 11.5. The minimum atomic E-state index is -0.266. The lowest BCUT2D eigenvalue weighted by Crippen LogP contribution is -2.13. The van der Waals surface area contributed by atoms with E-state index in [1.807, 2.05) is 20.8 Å². The molecule has 7 heteroatoms. The van der Waals surface area contributed by atoms with Crippen LogP contribution in [0, 0.1) is 19.7 Å². The monoisotopic (exact) mass is 341 g/mol. The van der Waals surface area contributed by atoms with E-state index in [0.717, 1.165) is 17.0 Å². The van der Waals surface area contributed by atoms with Crippen molar-refractivity contribution >= 4 is 11.6 Å². The third-order valence-corrected chi connectivity index (χ3v) is 4.09. The lowest BCUT2D eigenvalue weighted by atomic mass is 10.2. The molecule has 0 aliphatic heterocycles. The molecule has 0 aliphatic rings. The summed E-state index contributed by atoms with van der Waals surface area (Å²) in [6.45, 7) is 6.92. The van der Waals surface area contributed by atoms with Gasteiger partial charge in [0.1, 0.15) is 5.82 Å². The molecule has 3 rings (SSSR count). The molecule has 130 valence electrons. The minimum Gasteiger partial charge on any atom is -0.319 e. The maximum atomic E-state index is 13.0. The van der Waals surface area contributed by atoms with Crippen LogP contribution in [0.2, 0.25) is 0 Å². The Morgan fingerprint density at radius 3 is 2.60 bits per heavy atom. The van der Waals surface area contributed by atoms with Gasteiger partial charge in [-0.25, -0.2) is 4.39 Å². The largest absolute Gasteiger partial charge is 0.319 e. The molecule has 1 N–H and O–H groups in total. The molecule has 0 aliphatic carbocycles. The minimum absolute atomic E-state index is 0.216. The molecular formula is C18H20FN5O. The van der Waals surface area contributed by atoms with Crippen LogP contribution in [0.3, 0.4) is 0 Å². The Morgan fingerprint density at radius 1 is 1.24 bits per heavy atom. The van der Waals surface area contributed by atoms with E-state index in [1.54, 1.807) is 33.9 Å². The summed E-state index contributed by atoms with van der Waals surface area (Å²) in [6.07, 6.45) is 3.26. The highest BCUT2D eigenvalue weighted by molar-refractivity contribution is 6.04. The molecule has 0 unspecified atom stereocenters. The van der Waals surface area contributed by atoms with Crippen LogP contribution in [0.1, 0.15) is 34.2 Å². The number of hydrogen-bond donors (Lipinski definition) is 1.